The zero-order chi connectivity index (χ0) is 39.5. The quantitative estimate of drug-likeness (QED) is 0.0164. The zero-order valence-corrected chi connectivity index (χ0v) is 34.5. The summed E-state index contributed by atoms with van der Waals surface area (Å²) in [7, 11) is 1.40. The van der Waals surface area contributed by atoms with E-state index in [1.807, 2.05) is 70.6 Å². The van der Waals surface area contributed by atoms with Crippen molar-refractivity contribution in [3.8, 4) is 0 Å². The largest absolute Gasteiger partial charge is 0.472 e. The van der Waals surface area contributed by atoms with Crippen LogP contribution in [-0.4, -0.2) is 86.1 Å². The maximum atomic E-state index is 12.6. The highest BCUT2D eigenvalue weighted by molar-refractivity contribution is 7.47. The van der Waals surface area contributed by atoms with Gasteiger partial charge in [-0.05, 0) is 64.2 Å². The van der Waals surface area contributed by atoms with Crippen molar-refractivity contribution in [2.24, 2.45) is 0 Å². The minimum atomic E-state index is -4.40. The molecule has 0 radical (unpaired) electrons. The van der Waals surface area contributed by atoms with Crippen LogP contribution < -0.4 is 0 Å². The standard InChI is InChI=1S/C42H72NO9P/c1-6-8-10-11-12-13-16-21-24-27-30-34-42(46)52-40(38-51-53(47,48)50-36-35-43(3,4)5)37-49-41(45)33-29-26-23-20-18-15-14-17-19-22-25-28-32-39(44)31-9-7-2/h9,11-12,14-15,19-20,22-23,25,28,31,39-40,44H,6-8,10,13,16-18,21,24,26-27,29-30,32-38H2,1-5H3/p+1/b12-11-,15-14-,22-19-,23-20-,28-25+,31-9-/t39?,40-/m1/s1. The van der Waals surface area contributed by atoms with Crippen molar-refractivity contribution >= 4 is 19.8 Å². The van der Waals surface area contributed by atoms with Crippen molar-refractivity contribution < 1.29 is 47.2 Å². The maximum Gasteiger partial charge on any atom is 0.472 e. The van der Waals surface area contributed by atoms with Gasteiger partial charge in [0.05, 0.1) is 33.9 Å². The van der Waals surface area contributed by atoms with Crippen LogP contribution >= 0.6 is 7.82 Å². The molecule has 0 amide bonds. The number of esters is 2. The van der Waals surface area contributed by atoms with Gasteiger partial charge in [-0.25, -0.2) is 4.57 Å². The Labute approximate surface area is 321 Å². The van der Waals surface area contributed by atoms with Crippen molar-refractivity contribution in [2.45, 2.75) is 135 Å². The lowest BCUT2D eigenvalue weighted by Crippen LogP contribution is -2.37. The molecule has 10 nitrogen and oxygen atoms in total. The summed E-state index contributed by atoms with van der Waals surface area (Å²) in [4.78, 5) is 35.2. The monoisotopic (exact) mass is 767 g/mol. The number of quaternary nitrogens is 1. The number of nitrogens with zero attached hydrogens (tertiary/aromatic N) is 1. The molecule has 0 spiro atoms. The number of hydrogen-bond acceptors (Lipinski definition) is 8. The normalized spacial score (nSPS) is 15.1. The lowest BCUT2D eigenvalue weighted by Gasteiger charge is -2.24. The highest BCUT2D eigenvalue weighted by atomic mass is 31.2. The molecule has 0 aromatic rings. The van der Waals surface area contributed by atoms with Crippen LogP contribution in [0.3, 0.4) is 0 Å². The van der Waals surface area contributed by atoms with Crippen LogP contribution in [0.1, 0.15) is 123 Å². The molecule has 0 saturated heterocycles. The van der Waals surface area contributed by atoms with E-state index in [0.29, 0.717) is 36.7 Å². The smallest absolute Gasteiger partial charge is 0.462 e. The predicted molar refractivity (Wildman–Crippen MR) is 216 cm³/mol. The lowest BCUT2D eigenvalue weighted by molar-refractivity contribution is -0.870. The van der Waals surface area contributed by atoms with Crippen LogP contribution in [0.25, 0.3) is 0 Å². The van der Waals surface area contributed by atoms with Gasteiger partial charge in [0, 0.05) is 12.8 Å². The Morgan fingerprint density at radius 1 is 0.698 bits per heavy atom. The van der Waals surface area contributed by atoms with Crippen molar-refractivity contribution in [3.05, 3.63) is 72.9 Å². The van der Waals surface area contributed by atoms with Crippen molar-refractivity contribution in [1.82, 2.24) is 0 Å². The summed E-state index contributed by atoms with van der Waals surface area (Å²) < 4.78 is 34.1. The molecule has 0 aromatic carbocycles. The summed E-state index contributed by atoms with van der Waals surface area (Å²) in [6, 6.07) is 0. The van der Waals surface area contributed by atoms with Crippen LogP contribution in [-0.2, 0) is 32.7 Å². The Morgan fingerprint density at radius 3 is 2.02 bits per heavy atom. The van der Waals surface area contributed by atoms with Gasteiger partial charge in [-0.15, -0.1) is 0 Å². The second-order valence-corrected chi connectivity index (χ2v) is 15.6. The molecule has 53 heavy (non-hydrogen) atoms. The summed E-state index contributed by atoms with van der Waals surface area (Å²) >= 11 is 0. The van der Waals surface area contributed by atoms with Crippen LogP contribution in [0.4, 0.5) is 0 Å². The molecular weight excluding hydrogens is 693 g/mol. The van der Waals surface area contributed by atoms with E-state index in [1.165, 1.54) is 12.8 Å². The van der Waals surface area contributed by atoms with E-state index in [9.17, 15) is 24.2 Å². The molecule has 0 fully saturated rings. The Hall–Kier alpha value is -2.59. The molecule has 304 valence electrons. The molecule has 0 aliphatic carbocycles. The number of carbonyl (C=O) groups excluding carboxylic acids is 2. The number of likely N-dealkylation sites (N-methyl/N-ethyl adjacent to an activating group) is 1. The Bertz CT molecular complexity index is 1150. The highest BCUT2D eigenvalue weighted by Crippen LogP contribution is 2.43. The summed E-state index contributed by atoms with van der Waals surface area (Å²) in [5.74, 6) is -0.912. The van der Waals surface area contributed by atoms with E-state index in [1.54, 1.807) is 0 Å². The fraction of sp³-hybridized carbons (Fsp3) is 0.667. The number of hydrogen-bond donors (Lipinski definition) is 2. The SMILES string of the molecule is CC/C=C\C(O)C/C=C/C=C\C/C=C\C/C=C\CCCC(=O)OC[C@H](COP(=O)(O)OCC[N+](C)(C)C)OC(=O)CCCCCCC/C=C\CCCC. The first kappa shape index (κ1) is 50.4. The number of unbranched alkanes of at least 4 members (excludes halogenated alkanes) is 8. The van der Waals surface area contributed by atoms with Crippen molar-refractivity contribution in [3.63, 3.8) is 0 Å². The lowest BCUT2D eigenvalue weighted by atomic mass is 10.1. The molecule has 0 aliphatic rings. The second-order valence-electron chi connectivity index (χ2n) is 14.1. The average Bonchev–Trinajstić information content (AvgIpc) is 3.10. The first-order valence-corrected chi connectivity index (χ1v) is 21.3. The number of aliphatic hydroxyl groups excluding tert-OH is 1. The number of rotatable bonds is 34. The molecule has 0 bridgehead atoms. The van der Waals surface area contributed by atoms with Gasteiger partial charge >= 0.3 is 19.8 Å². The van der Waals surface area contributed by atoms with Gasteiger partial charge < -0.3 is 24.0 Å². The molecular formula is C42H73NO9P+. The Morgan fingerprint density at radius 2 is 1.30 bits per heavy atom. The van der Waals surface area contributed by atoms with E-state index in [-0.39, 0.29) is 26.1 Å². The van der Waals surface area contributed by atoms with E-state index in [0.717, 1.165) is 57.8 Å². The third-order valence-electron chi connectivity index (χ3n) is 7.80. The number of phosphoric ester groups is 1. The minimum absolute atomic E-state index is 0.0105. The topological polar surface area (TPSA) is 129 Å². The number of carbonyl (C=O) groups is 2. The van der Waals surface area contributed by atoms with Crippen molar-refractivity contribution in [1.29, 1.82) is 0 Å². The van der Waals surface area contributed by atoms with Crippen LogP contribution in [0.2, 0.25) is 0 Å². The van der Waals surface area contributed by atoms with Crippen LogP contribution in [0.5, 0.6) is 0 Å². The first-order chi connectivity index (χ1) is 25.4. The van der Waals surface area contributed by atoms with Gasteiger partial charge in [0.1, 0.15) is 19.8 Å². The fourth-order valence-electron chi connectivity index (χ4n) is 4.64. The number of phosphoric acid groups is 1. The third-order valence-corrected chi connectivity index (χ3v) is 8.78. The molecule has 0 heterocycles. The van der Waals surface area contributed by atoms with Crippen molar-refractivity contribution in [2.75, 3.05) is 47.5 Å². The fourth-order valence-corrected chi connectivity index (χ4v) is 5.38. The van der Waals surface area contributed by atoms with E-state index >= 15 is 0 Å². The van der Waals surface area contributed by atoms with Gasteiger partial charge in [-0.2, -0.15) is 0 Å². The predicted octanol–water partition coefficient (Wildman–Crippen LogP) is 9.65. The molecule has 0 aliphatic heterocycles. The van der Waals surface area contributed by atoms with Crippen LogP contribution in [0.15, 0.2) is 72.9 Å². The molecule has 11 heteroatoms. The molecule has 0 aromatic heterocycles. The molecule has 3 atom stereocenters. The summed E-state index contributed by atoms with van der Waals surface area (Å²) in [5.41, 5.74) is 0. The van der Waals surface area contributed by atoms with Gasteiger partial charge in [-0.1, -0.05) is 119 Å². The Balaban J connectivity index is 4.56. The van der Waals surface area contributed by atoms with Gasteiger partial charge in [0.15, 0.2) is 6.10 Å². The van der Waals surface area contributed by atoms with E-state index in [4.69, 9.17) is 18.5 Å². The van der Waals surface area contributed by atoms with E-state index in [2.05, 4.69) is 37.3 Å². The molecule has 2 unspecified atom stereocenters. The van der Waals surface area contributed by atoms with Gasteiger partial charge in [-0.3, -0.25) is 18.6 Å². The number of ether oxygens (including phenoxy) is 2. The number of allylic oxidation sites excluding steroid dienone is 10. The Kier molecular flexibility index (Phi) is 32.3. The van der Waals surface area contributed by atoms with Crippen LogP contribution in [0, 0.1) is 0 Å². The molecule has 0 rings (SSSR count). The average molecular weight is 767 g/mol. The zero-order valence-electron chi connectivity index (χ0n) is 33.6. The summed E-state index contributed by atoms with van der Waals surface area (Å²) in [6.07, 6.45) is 37.3. The minimum Gasteiger partial charge on any atom is -0.462 e. The summed E-state index contributed by atoms with van der Waals surface area (Å²) in [6.45, 7) is 4.02. The first-order valence-electron chi connectivity index (χ1n) is 19.8. The van der Waals surface area contributed by atoms with Gasteiger partial charge in [0.2, 0.25) is 0 Å². The second kappa shape index (κ2) is 33.9. The highest BCUT2D eigenvalue weighted by Gasteiger charge is 2.27. The maximum absolute atomic E-state index is 12.6. The number of aliphatic hydroxyl groups is 1. The molecule has 0 saturated carbocycles. The molecule has 2 N–H and O–H groups in total. The van der Waals surface area contributed by atoms with Gasteiger partial charge in [0.25, 0.3) is 0 Å². The summed E-state index contributed by atoms with van der Waals surface area (Å²) in [5, 5.41) is 9.76. The third kappa shape index (κ3) is 37.5. The van der Waals surface area contributed by atoms with E-state index < -0.39 is 38.6 Å².